The summed E-state index contributed by atoms with van der Waals surface area (Å²) in [5.41, 5.74) is 5.59. The van der Waals surface area contributed by atoms with Crippen LogP contribution in [-0.4, -0.2) is 42.2 Å². The van der Waals surface area contributed by atoms with Crippen LogP contribution in [0.2, 0.25) is 0 Å². The maximum atomic E-state index is 12.0. The number of rotatable bonds is 7. The summed E-state index contributed by atoms with van der Waals surface area (Å²) in [6.45, 7) is 7.52. The van der Waals surface area contributed by atoms with Crippen LogP contribution in [0, 0.1) is 11.8 Å². The summed E-state index contributed by atoms with van der Waals surface area (Å²) in [7, 11) is 0. The van der Waals surface area contributed by atoms with E-state index in [0.717, 1.165) is 6.42 Å². The normalized spacial score (nSPS) is 12.9. The Balaban J connectivity index is 4.44. The molecule has 0 aliphatic heterocycles. The molecule has 0 aliphatic rings. The minimum absolute atomic E-state index is 0.0150. The van der Waals surface area contributed by atoms with Crippen molar-refractivity contribution in [2.75, 3.05) is 26.2 Å². The SMILES string of the molecule is CCCN(CCO)C(=O)C(CN)C(C)C. The highest BCUT2D eigenvalue weighted by atomic mass is 16.3. The van der Waals surface area contributed by atoms with E-state index in [1.54, 1.807) is 4.90 Å². The molecule has 1 amide bonds. The van der Waals surface area contributed by atoms with Crippen molar-refractivity contribution >= 4 is 5.91 Å². The van der Waals surface area contributed by atoms with Gasteiger partial charge in [-0.3, -0.25) is 4.79 Å². The molecule has 4 nitrogen and oxygen atoms in total. The van der Waals surface area contributed by atoms with Crippen LogP contribution in [-0.2, 0) is 4.79 Å². The summed E-state index contributed by atoms with van der Waals surface area (Å²) in [6, 6.07) is 0. The molecule has 0 aromatic rings. The molecule has 3 N–H and O–H groups in total. The molecule has 0 saturated carbocycles. The van der Waals surface area contributed by atoms with Crippen molar-refractivity contribution in [3.63, 3.8) is 0 Å². The van der Waals surface area contributed by atoms with Crippen LogP contribution in [0.5, 0.6) is 0 Å². The van der Waals surface area contributed by atoms with E-state index in [-0.39, 0.29) is 24.3 Å². The largest absolute Gasteiger partial charge is 0.395 e. The maximum Gasteiger partial charge on any atom is 0.227 e. The fourth-order valence-electron chi connectivity index (χ4n) is 1.62. The van der Waals surface area contributed by atoms with Gasteiger partial charge >= 0.3 is 0 Å². The second-order valence-electron chi connectivity index (χ2n) is 4.14. The molecule has 0 radical (unpaired) electrons. The third kappa shape index (κ3) is 4.62. The van der Waals surface area contributed by atoms with Crippen molar-refractivity contribution in [3.05, 3.63) is 0 Å². The first-order valence-corrected chi connectivity index (χ1v) is 5.68. The number of aliphatic hydroxyl groups is 1. The number of hydrogen-bond donors (Lipinski definition) is 2. The van der Waals surface area contributed by atoms with E-state index in [1.165, 1.54) is 0 Å². The molecule has 0 heterocycles. The number of carbonyl (C=O) groups is 1. The molecule has 0 aromatic heterocycles. The van der Waals surface area contributed by atoms with Gasteiger partial charge in [-0.05, 0) is 12.3 Å². The van der Waals surface area contributed by atoms with Gasteiger partial charge in [0.15, 0.2) is 0 Å². The monoisotopic (exact) mass is 216 g/mol. The zero-order chi connectivity index (χ0) is 11.8. The number of nitrogens with two attached hydrogens (primary N) is 1. The van der Waals surface area contributed by atoms with E-state index in [0.29, 0.717) is 19.6 Å². The van der Waals surface area contributed by atoms with Crippen LogP contribution < -0.4 is 5.73 Å². The number of hydrogen-bond acceptors (Lipinski definition) is 3. The Bertz CT molecular complexity index is 177. The average Bonchev–Trinajstić information content (AvgIpc) is 2.17. The van der Waals surface area contributed by atoms with Crippen molar-refractivity contribution in [2.24, 2.45) is 17.6 Å². The van der Waals surface area contributed by atoms with Crippen molar-refractivity contribution in [3.8, 4) is 0 Å². The predicted molar refractivity (Wildman–Crippen MR) is 61.3 cm³/mol. The van der Waals surface area contributed by atoms with Crippen molar-refractivity contribution < 1.29 is 9.90 Å². The van der Waals surface area contributed by atoms with E-state index >= 15 is 0 Å². The fraction of sp³-hybridized carbons (Fsp3) is 0.909. The molecule has 90 valence electrons. The Kier molecular flexibility index (Phi) is 7.34. The first-order valence-electron chi connectivity index (χ1n) is 5.68. The van der Waals surface area contributed by atoms with E-state index in [1.807, 2.05) is 20.8 Å². The second kappa shape index (κ2) is 7.65. The van der Waals surface area contributed by atoms with Gasteiger partial charge in [-0.2, -0.15) is 0 Å². The highest BCUT2D eigenvalue weighted by molar-refractivity contribution is 5.79. The van der Waals surface area contributed by atoms with Gasteiger partial charge in [-0.25, -0.2) is 0 Å². The Hall–Kier alpha value is -0.610. The predicted octanol–water partition coefficient (Wildman–Crippen LogP) is 0.448. The number of aliphatic hydroxyl groups excluding tert-OH is 1. The van der Waals surface area contributed by atoms with Gasteiger partial charge in [-0.15, -0.1) is 0 Å². The zero-order valence-corrected chi connectivity index (χ0v) is 10.1. The minimum atomic E-state index is -0.122. The van der Waals surface area contributed by atoms with Crippen LogP contribution in [0.3, 0.4) is 0 Å². The topological polar surface area (TPSA) is 66.6 Å². The summed E-state index contributed by atoms with van der Waals surface area (Å²) < 4.78 is 0. The smallest absolute Gasteiger partial charge is 0.227 e. The van der Waals surface area contributed by atoms with Crippen molar-refractivity contribution in [2.45, 2.75) is 27.2 Å². The van der Waals surface area contributed by atoms with Gasteiger partial charge in [0.1, 0.15) is 0 Å². The molecule has 15 heavy (non-hydrogen) atoms. The number of nitrogens with zero attached hydrogens (tertiary/aromatic N) is 1. The van der Waals surface area contributed by atoms with Gasteiger partial charge < -0.3 is 15.7 Å². The van der Waals surface area contributed by atoms with E-state index in [4.69, 9.17) is 10.8 Å². The molecule has 0 spiro atoms. The Morgan fingerprint density at radius 2 is 2.00 bits per heavy atom. The maximum absolute atomic E-state index is 12.0. The molecule has 1 atom stereocenters. The molecule has 0 bridgehead atoms. The summed E-state index contributed by atoms with van der Waals surface area (Å²) in [4.78, 5) is 13.7. The van der Waals surface area contributed by atoms with E-state index in [2.05, 4.69) is 0 Å². The Morgan fingerprint density at radius 3 is 2.33 bits per heavy atom. The standard InChI is InChI=1S/C11H24N2O2/c1-4-5-13(6-7-14)11(15)10(8-12)9(2)3/h9-10,14H,4-8,12H2,1-3H3. The lowest BCUT2D eigenvalue weighted by atomic mass is 9.94. The molecular weight excluding hydrogens is 192 g/mol. The van der Waals surface area contributed by atoms with Crippen LogP contribution in [0.4, 0.5) is 0 Å². The van der Waals surface area contributed by atoms with Crippen molar-refractivity contribution in [1.29, 1.82) is 0 Å². The Morgan fingerprint density at radius 1 is 1.40 bits per heavy atom. The summed E-state index contributed by atoms with van der Waals surface area (Å²) in [6.07, 6.45) is 0.904. The lowest BCUT2D eigenvalue weighted by Crippen LogP contribution is -2.43. The average molecular weight is 216 g/mol. The first-order chi connectivity index (χ1) is 7.08. The van der Waals surface area contributed by atoms with Gasteiger partial charge in [0.2, 0.25) is 5.91 Å². The number of amides is 1. The molecule has 4 heteroatoms. The molecular formula is C11H24N2O2. The second-order valence-corrected chi connectivity index (χ2v) is 4.14. The fourth-order valence-corrected chi connectivity index (χ4v) is 1.62. The third-order valence-corrected chi connectivity index (χ3v) is 2.55. The highest BCUT2D eigenvalue weighted by Crippen LogP contribution is 2.13. The van der Waals surface area contributed by atoms with Gasteiger partial charge in [0.05, 0.1) is 12.5 Å². The van der Waals surface area contributed by atoms with E-state index < -0.39 is 0 Å². The molecule has 0 fully saturated rings. The zero-order valence-electron chi connectivity index (χ0n) is 10.1. The van der Waals surface area contributed by atoms with Crippen LogP contribution in [0.15, 0.2) is 0 Å². The molecule has 0 rings (SSSR count). The van der Waals surface area contributed by atoms with Gasteiger partial charge in [0.25, 0.3) is 0 Å². The lowest BCUT2D eigenvalue weighted by molar-refractivity contribution is -0.137. The first kappa shape index (κ1) is 14.4. The summed E-state index contributed by atoms with van der Waals surface area (Å²) in [5, 5.41) is 8.88. The molecule has 0 aliphatic carbocycles. The Labute approximate surface area is 92.4 Å². The summed E-state index contributed by atoms with van der Waals surface area (Å²) >= 11 is 0. The van der Waals surface area contributed by atoms with Crippen LogP contribution in [0.1, 0.15) is 27.2 Å². The molecule has 0 aromatic carbocycles. The summed E-state index contributed by atoms with van der Waals surface area (Å²) in [5.74, 6) is 0.201. The van der Waals surface area contributed by atoms with E-state index in [9.17, 15) is 4.79 Å². The molecule has 0 saturated heterocycles. The highest BCUT2D eigenvalue weighted by Gasteiger charge is 2.24. The molecule has 1 unspecified atom stereocenters. The van der Waals surface area contributed by atoms with Crippen LogP contribution >= 0.6 is 0 Å². The van der Waals surface area contributed by atoms with Crippen molar-refractivity contribution in [1.82, 2.24) is 4.90 Å². The van der Waals surface area contributed by atoms with Gasteiger partial charge in [-0.1, -0.05) is 20.8 Å². The minimum Gasteiger partial charge on any atom is -0.395 e. The number of carbonyl (C=O) groups excluding carboxylic acids is 1. The van der Waals surface area contributed by atoms with Gasteiger partial charge in [0, 0.05) is 19.6 Å². The lowest BCUT2D eigenvalue weighted by Gasteiger charge is -2.27. The van der Waals surface area contributed by atoms with Crippen LogP contribution in [0.25, 0.3) is 0 Å². The quantitative estimate of drug-likeness (QED) is 0.649. The third-order valence-electron chi connectivity index (χ3n) is 2.55.